The number of nitrogens with zero attached hydrogens (tertiary/aromatic N) is 2. The van der Waals surface area contributed by atoms with Crippen molar-refractivity contribution in [3.8, 4) is 0 Å². The van der Waals surface area contributed by atoms with Crippen LogP contribution in [0.5, 0.6) is 0 Å². The summed E-state index contributed by atoms with van der Waals surface area (Å²) in [5, 5.41) is 9.99. The molecule has 0 radical (unpaired) electrons. The zero-order chi connectivity index (χ0) is 14.8. The second-order valence-corrected chi connectivity index (χ2v) is 7.54. The van der Waals surface area contributed by atoms with Crippen molar-refractivity contribution >= 4 is 17.2 Å². The number of aliphatic hydroxyl groups is 1. The minimum Gasteiger partial charge on any atom is -0.391 e. The van der Waals surface area contributed by atoms with Gasteiger partial charge in [-0.3, -0.25) is 9.69 Å². The molecule has 1 saturated carbocycles. The molecule has 1 aliphatic heterocycles. The molecule has 2 aliphatic rings. The minimum atomic E-state index is -0.165. The van der Waals surface area contributed by atoms with Crippen molar-refractivity contribution < 1.29 is 9.90 Å². The molecule has 0 spiro atoms. The minimum absolute atomic E-state index is 0.165. The Morgan fingerprint density at radius 3 is 2.62 bits per heavy atom. The van der Waals surface area contributed by atoms with E-state index in [0.29, 0.717) is 12.5 Å². The van der Waals surface area contributed by atoms with Crippen molar-refractivity contribution in [3.63, 3.8) is 0 Å². The molecule has 1 N–H and O–H groups in total. The fourth-order valence-electron chi connectivity index (χ4n) is 3.49. The molecule has 0 bridgehead atoms. The van der Waals surface area contributed by atoms with Gasteiger partial charge in [-0.25, -0.2) is 0 Å². The summed E-state index contributed by atoms with van der Waals surface area (Å²) in [6.45, 7) is 5.47. The monoisotopic (exact) mass is 308 g/mol. The summed E-state index contributed by atoms with van der Waals surface area (Å²) >= 11 is 1.71. The lowest BCUT2D eigenvalue weighted by atomic mass is 10.1. The lowest BCUT2D eigenvalue weighted by Gasteiger charge is -2.39. The van der Waals surface area contributed by atoms with Gasteiger partial charge in [0.2, 0.25) is 5.91 Å². The van der Waals surface area contributed by atoms with Crippen LogP contribution in [0.25, 0.3) is 0 Å². The number of piperazine rings is 1. The van der Waals surface area contributed by atoms with Crippen molar-refractivity contribution in [2.75, 3.05) is 26.2 Å². The molecular weight excluding hydrogens is 284 g/mol. The smallest absolute Gasteiger partial charge is 0.227 e. The van der Waals surface area contributed by atoms with E-state index < -0.39 is 0 Å². The Hall–Kier alpha value is -0.910. The molecular formula is C16H24N2O2S. The lowest BCUT2D eigenvalue weighted by molar-refractivity contribution is -0.132. The van der Waals surface area contributed by atoms with E-state index in [4.69, 9.17) is 0 Å². The summed E-state index contributed by atoms with van der Waals surface area (Å²) < 4.78 is 0. The molecule has 2 atom stereocenters. The second-order valence-electron chi connectivity index (χ2n) is 6.17. The fourth-order valence-corrected chi connectivity index (χ4v) is 4.37. The third kappa shape index (κ3) is 3.47. The molecule has 1 saturated heterocycles. The van der Waals surface area contributed by atoms with E-state index in [2.05, 4.69) is 24.0 Å². The molecule has 1 aromatic rings. The van der Waals surface area contributed by atoms with Gasteiger partial charge >= 0.3 is 0 Å². The zero-order valence-electron chi connectivity index (χ0n) is 12.6. The second kappa shape index (κ2) is 6.46. The first-order chi connectivity index (χ1) is 10.1. The van der Waals surface area contributed by atoms with Crippen molar-refractivity contribution in [1.82, 2.24) is 9.80 Å². The van der Waals surface area contributed by atoms with E-state index in [1.807, 2.05) is 4.90 Å². The van der Waals surface area contributed by atoms with Crippen LogP contribution in [0, 0.1) is 6.92 Å². The van der Waals surface area contributed by atoms with E-state index in [9.17, 15) is 9.90 Å². The largest absolute Gasteiger partial charge is 0.391 e. The summed E-state index contributed by atoms with van der Waals surface area (Å²) in [6, 6.07) is 4.46. The molecule has 2 heterocycles. The molecule has 4 nitrogen and oxygen atoms in total. The Kier molecular flexibility index (Phi) is 4.62. The first-order valence-electron chi connectivity index (χ1n) is 7.88. The summed E-state index contributed by atoms with van der Waals surface area (Å²) in [4.78, 5) is 19.1. The Morgan fingerprint density at radius 1 is 1.29 bits per heavy atom. The van der Waals surface area contributed by atoms with E-state index in [1.165, 1.54) is 4.88 Å². The SMILES string of the molecule is Cc1ccc(CC(=O)N2CCN([C@@H]3CCC[C@H]3O)CC2)s1. The molecule has 21 heavy (non-hydrogen) atoms. The number of carbonyl (C=O) groups is 1. The number of aliphatic hydroxyl groups excluding tert-OH is 1. The van der Waals surface area contributed by atoms with Crippen molar-refractivity contribution in [3.05, 3.63) is 21.9 Å². The first kappa shape index (κ1) is 15.0. The van der Waals surface area contributed by atoms with E-state index in [1.54, 1.807) is 11.3 Å². The maximum absolute atomic E-state index is 12.3. The highest BCUT2D eigenvalue weighted by atomic mass is 32.1. The van der Waals surface area contributed by atoms with Gasteiger partial charge in [0.15, 0.2) is 0 Å². The van der Waals surface area contributed by atoms with Gasteiger partial charge in [-0.15, -0.1) is 11.3 Å². The van der Waals surface area contributed by atoms with Crippen LogP contribution in [0.15, 0.2) is 12.1 Å². The van der Waals surface area contributed by atoms with Crippen LogP contribution in [0.3, 0.4) is 0 Å². The maximum atomic E-state index is 12.3. The Bertz CT molecular complexity index is 494. The number of amides is 1. The highest BCUT2D eigenvalue weighted by Crippen LogP contribution is 2.25. The maximum Gasteiger partial charge on any atom is 0.227 e. The van der Waals surface area contributed by atoms with Crippen LogP contribution >= 0.6 is 11.3 Å². The van der Waals surface area contributed by atoms with Crippen molar-refractivity contribution in [2.24, 2.45) is 0 Å². The van der Waals surface area contributed by atoms with Gasteiger partial charge < -0.3 is 10.0 Å². The zero-order valence-corrected chi connectivity index (χ0v) is 13.4. The van der Waals surface area contributed by atoms with Crippen LogP contribution in [0.2, 0.25) is 0 Å². The molecule has 2 fully saturated rings. The van der Waals surface area contributed by atoms with Gasteiger partial charge in [-0.05, 0) is 38.3 Å². The van der Waals surface area contributed by atoms with E-state index in [-0.39, 0.29) is 12.0 Å². The van der Waals surface area contributed by atoms with Gasteiger partial charge in [0.05, 0.1) is 12.5 Å². The molecule has 3 rings (SSSR count). The van der Waals surface area contributed by atoms with Gasteiger partial charge in [-0.2, -0.15) is 0 Å². The number of thiophene rings is 1. The third-order valence-electron chi connectivity index (χ3n) is 4.70. The molecule has 1 aromatic heterocycles. The predicted octanol–water partition coefficient (Wildman–Crippen LogP) is 1.66. The summed E-state index contributed by atoms with van der Waals surface area (Å²) in [7, 11) is 0. The first-order valence-corrected chi connectivity index (χ1v) is 8.70. The number of rotatable bonds is 3. The summed E-state index contributed by atoms with van der Waals surface area (Å²) in [5.74, 6) is 0.239. The molecule has 1 amide bonds. The van der Waals surface area contributed by atoms with Gasteiger partial charge in [0, 0.05) is 42.0 Å². The van der Waals surface area contributed by atoms with E-state index in [0.717, 1.165) is 50.3 Å². The number of hydrogen-bond donors (Lipinski definition) is 1. The number of hydrogen-bond acceptors (Lipinski definition) is 4. The molecule has 0 aromatic carbocycles. The highest BCUT2D eigenvalue weighted by molar-refractivity contribution is 7.12. The quantitative estimate of drug-likeness (QED) is 0.923. The van der Waals surface area contributed by atoms with Gasteiger partial charge in [0.25, 0.3) is 0 Å². The average Bonchev–Trinajstić information content (AvgIpc) is 3.08. The van der Waals surface area contributed by atoms with Crippen LogP contribution in [-0.2, 0) is 11.2 Å². The topological polar surface area (TPSA) is 43.8 Å². The van der Waals surface area contributed by atoms with Gasteiger partial charge in [0.1, 0.15) is 0 Å². The summed E-state index contributed by atoms with van der Waals surface area (Å²) in [6.07, 6.45) is 3.53. The average molecular weight is 308 g/mol. The fraction of sp³-hybridized carbons (Fsp3) is 0.688. The highest BCUT2D eigenvalue weighted by Gasteiger charge is 2.33. The normalized spacial score (nSPS) is 27.2. The Balaban J connectivity index is 1.50. The van der Waals surface area contributed by atoms with Crippen molar-refractivity contribution in [1.29, 1.82) is 0 Å². The van der Waals surface area contributed by atoms with Crippen LogP contribution in [0.4, 0.5) is 0 Å². The molecule has 1 aliphatic carbocycles. The lowest BCUT2D eigenvalue weighted by Crippen LogP contribution is -2.53. The van der Waals surface area contributed by atoms with Crippen LogP contribution in [0.1, 0.15) is 29.0 Å². The molecule has 0 unspecified atom stereocenters. The number of aryl methyl sites for hydroxylation is 1. The number of carbonyl (C=O) groups excluding carboxylic acids is 1. The van der Waals surface area contributed by atoms with Crippen LogP contribution in [-0.4, -0.2) is 59.1 Å². The van der Waals surface area contributed by atoms with Gasteiger partial charge in [-0.1, -0.05) is 0 Å². The Labute approximate surface area is 130 Å². The molecule has 116 valence electrons. The standard InChI is InChI=1S/C16H24N2O2S/c1-12-5-6-13(21-12)11-16(20)18-9-7-17(8-10-18)14-3-2-4-15(14)19/h5-6,14-15,19H,2-4,7-11H2,1H3/t14-,15-/m1/s1. The Morgan fingerprint density at radius 2 is 2.05 bits per heavy atom. The van der Waals surface area contributed by atoms with Crippen LogP contribution < -0.4 is 0 Å². The van der Waals surface area contributed by atoms with Crippen molar-refractivity contribution in [2.45, 2.75) is 44.8 Å². The predicted molar refractivity (Wildman–Crippen MR) is 84.6 cm³/mol. The summed E-state index contributed by atoms with van der Waals surface area (Å²) in [5.41, 5.74) is 0. The third-order valence-corrected chi connectivity index (χ3v) is 5.70. The molecule has 5 heteroatoms. The van der Waals surface area contributed by atoms with E-state index >= 15 is 0 Å².